The molecule has 30 heavy (non-hydrogen) atoms. The maximum Gasteiger partial charge on any atom is 0.125 e. The fraction of sp³-hybridized carbons (Fsp3) is 0.440. The minimum Gasteiger partial charge on any atom is -0.487 e. The largest absolute Gasteiger partial charge is 0.487 e. The van der Waals surface area contributed by atoms with Crippen LogP contribution in [-0.4, -0.2) is 45.3 Å². The van der Waals surface area contributed by atoms with E-state index in [1.54, 1.807) is 0 Å². The van der Waals surface area contributed by atoms with Gasteiger partial charge >= 0.3 is 0 Å². The average molecular weight is 407 g/mol. The molecule has 0 amide bonds. The number of ether oxygens (including phenoxy) is 1. The Bertz CT molecular complexity index is 1070. The third kappa shape index (κ3) is 3.51. The molecule has 3 N–H and O–H groups in total. The van der Waals surface area contributed by atoms with Crippen molar-refractivity contribution in [3.05, 3.63) is 64.8 Å². The van der Waals surface area contributed by atoms with Crippen molar-refractivity contribution >= 4 is 10.9 Å². The first-order valence-electron chi connectivity index (χ1n) is 10.9. The summed E-state index contributed by atoms with van der Waals surface area (Å²) in [5.74, 6) is 0.821. The van der Waals surface area contributed by atoms with Crippen molar-refractivity contribution in [3.63, 3.8) is 0 Å². The van der Waals surface area contributed by atoms with Crippen LogP contribution in [0.4, 0.5) is 0 Å². The molecule has 0 aliphatic carbocycles. The molecule has 2 aliphatic rings. The third-order valence-corrected chi connectivity index (χ3v) is 6.84. The van der Waals surface area contributed by atoms with Gasteiger partial charge in [-0.05, 0) is 50.5 Å². The Hall–Kier alpha value is -2.34. The first-order valence-corrected chi connectivity index (χ1v) is 10.9. The summed E-state index contributed by atoms with van der Waals surface area (Å²) >= 11 is 0. The van der Waals surface area contributed by atoms with E-state index in [4.69, 9.17) is 4.74 Å². The Kier molecular flexibility index (Phi) is 4.85. The van der Waals surface area contributed by atoms with Crippen LogP contribution in [0.1, 0.15) is 53.7 Å². The molecule has 1 fully saturated rings. The van der Waals surface area contributed by atoms with Crippen LogP contribution in [0, 0.1) is 13.8 Å². The fourth-order valence-corrected chi connectivity index (χ4v) is 5.09. The third-order valence-electron chi connectivity index (χ3n) is 6.84. The van der Waals surface area contributed by atoms with Crippen LogP contribution >= 0.6 is 0 Å². The molecule has 0 bridgehead atoms. The molecular formula is C25H30N2O3. The number of aromatic amines is 1. The molecule has 5 rings (SSSR count). The second-order valence-corrected chi connectivity index (χ2v) is 9.16. The van der Waals surface area contributed by atoms with E-state index in [1.807, 2.05) is 31.3 Å². The summed E-state index contributed by atoms with van der Waals surface area (Å²) in [7, 11) is 0. The predicted octanol–water partition coefficient (Wildman–Crippen LogP) is 4.17. The zero-order valence-corrected chi connectivity index (χ0v) is 17.7. The Balaban J connectivity index is 1.25. The number of hydrogen-bond donors (Lipinski definition) is 3. The van der Waals surface area contributed by atoms with E-state index in [2.05, 4.69) is 35.0 Å². The summed E-state index contributed by atoms with van der Waals surface area (Å²) in [6.07, 6.45) is 3.29. The van der Waals surface area contributed by atoms with Crippen molar-refractivity contribution in [1.29, 1.82) is 0 Å². The standard InChI is InChI=1S/C25H30N2O3/c1-16-4-6-24-19(11-16)22(28)13-25(30-24)7-9-27(10-8-25)15-23(29)20-14-26-21-12-17(2)3-5-18(20)21/h3-6,11-12,14,22-23,26,28-29H,7-10,13,15H2,1-2H3/t22-,23+/m0/s1. The van der Waals surface area contributed by atoms with Crippen LogP contribution in [0.5, 0.6) is 5.75 Å². The Morgan fingerprint density at radius 3 is 2.67 bits per heavy atom. The lowest BCUT2D eigenvalue weighted by Gasteiger charge is -2.46. The number of benzene rings is 2. The summed E-state index contributed by atoms with van der Waals surface area (Å²) in [5.41, 5.74) is 4.98. The number of aromatic nitrogens is 1. The van der Waals surface area contributed by atoms with E-state index in [9.17, 15) is 10.2 Å². The number of nitrogens with zero attached hydrogens (tertiary/aromatic N) is 1. The van der Waals surface area contributed by atoms with Gasteiger partial charge in [0.2, 0.25) is 0 Å². The molecule has 1 aromatic heterocycles. The average Bonchev–Trinajstić information content (AvgIpc) is 3.14. The molecule has 0 radical (unpaired) electrons. The molecule has 5 nitrogen and oxygen atoms in total. The minimum absolute atomic E-state index is 0.304. The predicted molar refractivity (Wildman–Crippen MR) is 118 cm³/mol. The molecular weight excluding hydrogens is 376 g/mol. The van der Waals surface area contributed by atoms with Gasteiger partial charge in [0.25, 0.3) is 0 Å². The molecule has 1 saturated heterocycles. The summed E-state index contributed by atoms with van der Waals surface area (Å²) in [6, 6.07) is 12.3. The van der Waals surface area contributed by atoms with E-state index in [0.717, 1.165) is 59.3 Å². The number of β-amino-alcohol motifs (C(OH)–C–C–N with tert-alkyl or cyclic N) is 1. The quantitative estimate of drug-likeness (QED) is 0.611. The minimum atomic E-state index is -0.530. The highest BCUT2D eigenvalue weighted by atomic mass is 16.5. The van der Waals surface area contributed by atoms with E-state index in [0.29, 0.717) is 13.0 Å². The van der Waals surface area contributed by atoms with Crippen molar-refractivity contribution in [2.24, 2.45) is 0 Å². The first kappa shape index (κ1) is 19.6. The monoisotopic (exact) mass is 406 g/mol. The summed E-state index contributed by atoms with van der Waals surface area (Å²) in [6.45, 7) is 6.42. The zero-order chi connectivity index (χ0) is 20.9. The number of nitrogens with one attached hydrogen (secondary N) is 1. The molecule has 2 aromatic carbocycles. The van der Waals surface area contributed by atoms with Gasteiger partial charge in [0, 0.05) is 54.3 Å². The molecule has 0 unspecified atom stereocenters. The van der Waals surface area contributed by atoms with Gasteiger partial charge in [-0.15, -0.1) is 0 Å². The second kappa shape index (κ2) is 7.41. The number of aryl methyl sites for hydroxylation is 2. The molecule has 3 heterocycles. The number of hydrogen-bond acceptors (Lipinski definition) is 4. The highest BCUT2D eigenvalue weighted by Gasteiger charge is 2.43. The van der Waals surface area contributed by atoms with Gasteiger partial charge in [0.15, 0.2) is 0 Å². The lowest BCUT2D eigenvalue weighted by molar-refractivity contribution is -0.0587. The number of aliphatic hydroxyl groups excluding tert-OH is 2. The van der Waals surface area contributed by atoms with Crippen molar-refractivity contribution in [2.45, 2.75) is 50.9 Å². The summed E-state index contributed by atoms with van der Waals surface area (Å²) in [4.78, 5) is 5.59. The van der Waals surface area contributed by atoms with Crippen LogP contribution in [0.15, 0.2) is 42.6 Å². The highest BCUT2D eigenvalue weighted by molar-refractivity contribution is 5.84. The van der Waals surface area contributed by atoms with Gasteiger partial charge in [0.1, 0.15) is 11.4 Å². The molecule has 158 valence electrons. The first-order chi connectivity index (χ1) is 14.4. The van der Waals surface area contributed by atoms with Crippen LogP contribution in [-0.2, 0) is 0 Å². The lowest BCUT2D eigenvalue weighted by atomic mass is 9.81. The van der Waals surface area contributed by atoms with Gasteiger partial charge < -0.3 is 24.8 Å². The van der Waals surface area contributed by atoms with Crippen LogP contribution in [0.25, 0.3) is 10.9 Å². The Morgan fingerprint density at radius 2 is 1.87 bits per heavy atom. The Labute approximate surface area is 177 Å². The maximum absolute atomic E-state index is 10.9. The molecule has 2 atom stereocenters. The Morgan fingerprint density at radius 1 is 1.13 bits per heavy atom. The maximum atomic E-state index is 10.9. The second-order valence-electron chi connectivity index (χ2n) is 9.16. The topological polar surface area (TPSA) is 68.7 Å². The van der Waals surface area contributed by atoms with E-state index in [1.165, 1.54) is 5.56 Å². The SMILES string of the molecule is Cc1ccc2c(c1)[C@@H](O)CC1(CCN(C[C@@H](O)c3c[nH]c4cc(C)ccc34)CC1)O2. The molecule has 3 aromatic rings. The van der Waals surface area contributed by atoms with Gasteiger partial charge in [-0.3, -0.25) is 0 Å². The van der Waals surface area contributed by atoms with Gasteiger partial charge in [0.05, 0.1) is 12.2 Å². The molecule has 0 saturated carbocycles. The number of likely N-dealkylation sites (tertiary alicyclic amines) is 1. The summed E-state index contributed by atoms with van der Waals surface area (Å²) < 4.78 is 6.43. The molecule has 2 aliphatic heterocycles. The molecule has 5 heteroatoms. The number of rotatable bonds is 3. The van der Waals surface area contributed by atoms with E-state index < -0.39 is 12.2 Å². The van der Waals surface area contributed by atoms with Crippen LogP contribution in [0.2, 0.25) is 0 Å². The van der Waals surface area contributed by atoms with Crippen molar-refractivity contribution in [3.8, 4) is 5.75 Å². The van der Waals surface area contributed by atoms with Gasteiger partial charge in [-0.25, -0.2) is 0 Å². The van der Waals surface area contributed by atoms with Crippen LogP contribution < -0.4 is 4.74 Å². The van der Waals surface area contributed by atoms with E-state index >= 15 is 0 Å². The number of fused-ring (bicyclic) bond motifs is 2. The number of H-pyrrole nitrogens is 1. The van der Waals surface area contributed by atoms with Crippen molar-refractivity contribution in [1.82, 2.24) is 9.88 Å². The van der Waals surface area contributed by atoms with E-state index in [-0.39, 0.29) is 5.60 Å². The van der Waals surface area contributed by atoms with Gasteiger partial charge in [-0.2, -0.15) is 0 Å². The smallest absolute Gasteiger partial charge is 0.125 e. The van der Waals surface area contributed by atoms with Crippen molar-refractivity contribution < 1.29 is 14.9 Å². The normalized spacial score (nSPS) is 22.1. The lowest BCUT2D eigenvalue weighted by Crippen LogP contribution is -2.51. The number of aliphatic hydroxyl groups is 2. The molecule has 1 spiro atoms. The van der Waals surface area contributed by atoms with Crippen LogP contribution in [0.3, 0.4) is 0 Å². The zero-order valence-electron chi connectivity index (χ0n) is 17.7. The number of piperidine rings is 1. The fourth-order valence-electron chi connectivity index (χ4n) is 5.09. The van der Waals surface area contributed by atoms with Crippen molar-refractivity contribution in [2.75, 3.05) is 19.6 Å². The highest BCUT2D eigenvalue weighted by Crippen LogP contribution is 2.44. The van der Waals surface area contributed by atoms with Gasteiger partial charge in [-0.1, -0.05) is 23.8 Å². The summed E-state index contributed by atoms with van der Waals surface area (Å²) in [5, 5.41) is 22.7.